The summed E-state index contributed by atoms with van der Waals surface area (Å²) in [5.74, 6) is 1.12. The van der Waals surface area contributed by atoms with E-state index in [1.165, 1.54) is 12.0 Å². The fourth-order valence-electron chi connectivity index (χ4n) is 1.84. The summed E-state index contributed by atoms with van der Waals surface area (Å²) in [6.45, 7) is 5.45. The number of ether oxygens (including phenoxy) is 3. The zero-order valence-corrected chi connectivity index (χ0v) is 10.6. The van der Waals surface area contributed by atoms with Gasteiger partial charge in [-0.2, -0.15) is 0 Å². The standard InChI is InChI=1S/C13H24O3/c1-12-13(6-5-10-16-12)7-11-15-9-4-3-8-14-2/h3-11H2,1-2H3. The normalized spacial score (nSPS) is 16.4. The van der Waals surface area contributed by atoms with E-state index in [-0.39, 0.29) is 0 Å². The van der Waals surface area contributed by atoms with Crippen LogP contribution in [0.3, 0.4) is 0 Å². The Bertz CT molecular complexity index is 211. The van der Waals surface area contributed by atoms with Crippen LogP contribution in [0, 0.1) is 0 Å². The van der Waals surface area contributed by atoms with Crippen molar-refractivity contribution in [3.8, 4) is 0 Å². The lowest BCUT2D eigenvalue weighted by molar-refractivity contribution is 0.117. The minimum Gasteiger partial charge on any atom is -0.498 e. The van der Waals surface area contributed by atoms with Crippen molar-refractivity contribution in [2.75, 3.05) is 33.5 Å². The molecule has 1 aliphatic rings. The third kappa shape index (κ3) is 5.52. The molecule has 0 bridgehead atoms. The van der Waals surface area contributed by atoms with Gasteiger partial charge in [0.05, 0.1) is 19.0 Å². The SMILES string of the molecule is COCCCCOCCC1=C(C)OCCC1. The van der Waals surface area contributed by atoms with Gasteiger partial charge in [-0.3, -0.25) is 0 Å². The van der Waals surface area contributed by atoms with E-state index in [1.807, 2.05) is 0 Å². The summed E-state index contributed by atoms with van der Waals surface area (Å²) in [6.07, 6.45) is 5.53. The minimum atomic E-state index is 0.822. The largest absolute Gasteiger partial charge is 0.498 e. The molecule has 0 radical (unpaired) electrons. The molecule has 1 rings (SSSR count). The van der Waals surface area contributed by atoms with E-state index in [0.717, 1.165) is 57.9 Å². The van der Waals surface area contributed by atoms with E-state index in [4.69, 9.17) is 14.2 Å². The van der Waals surface area contributed by atoms with Gasteiger partial charge in [0.25, 0.3) is 0 Å². The second kappa shape index (κ2) is 8.59. The van der Waals surface area contributed by atoms with Crippen LogP contribution >= 0.6 is 0 Å². The van der Waals surface area contributed by atoms with Crippen LogP contribution in [-0.4, -0.2) is 33.5 Å². The van der Waals surface area contributed by atoms with Crippen molar-refractivity contribution in [2.45, 2.75) is 39.0 Å². The Morgan fingerprint density at radius 3 is 2.75 bits per heavy atom. The van der Waals surface area contributed by atoms with Crippen LogP contribution in [0.1, 0.15) is 39.0 Å². The smallest absolute Gasteiger partial charge is 0.0921 e. The van der Waals surface area contributed by atoms with Crippen molar-refractivity contribution in [3.63, 3.8) is 0 Å². The molecule has 3 nitrogen and oxygen atoms in total. The highest BCUT2D eigenvalue weighted by atomic mass is 16.5. The quantitative estimate of drug-likeness (QED) is 0.598. The highest BCUT2D eigenvalue weighted by Gasteiger charge is 2.09. The number of unbranched alkanes of at least 4 members (excludes halogenated alkanes) is 1. The van der Waals surface area contributed by atoms with Gasteiger partial charge in [-0.05, 0) is 44.6 Å². The molecule has 0 spiro atoms. The van der Waals surface area contributed by atoms with Gasteiger partial charge in [0, 0.05) is 20.3 Å². The summed E-state index contributed by atoms with van der Waals surface area (Å²) in [7, 11) is 1.74. The molecule has 0 saturated carbocycles. The second-order valence-corrected chi connectivity index (χ2v) is 4.17. The lowest BCUT2D eigenvalue weighted by Crippen LogP contribution is -2.07. The summed E-state index contributed by atoms with van der Waals surface area (Å²) >= 11 is 0. The topological polar surface area (TPSA) is 27.7 Å². The first-order valence-corrected chi connectivity index (χ1v) is 6.22. The average Bonchev–Trinajstić information content (AvgIpc) is 2.30. The minimum absolute atomic E-state index is 0.822. The third-order valence-corrected chi connectivity index (χ3v) is 2.87. The van der Waals surface area contributed by atoms with E-state index in [2.05, 4.69) is 6.92 Å². The van der Waals surface area contributed by atoms with Gasteiger partial charge in [-0.15, -0.1) is 0 Å². The molecule has 0 aromatic rings. The molecule has 1 aliphatic heterocycles. The molecular formula is C13H24O3. The molecule has 94 valence electrons. The van der Waals surface area contributed by atoms with Crippen LogP contribution < -0.4 is 0 Å². The van der Waals surface area contributed by atoms with Crippen molar-refractivity contribution in [1.29, 1.82) is 0 Å². The molecule has 0 aromatic heterocycles. The van der Waals surface area contributed by atoms with Gasteiger partial charge in [0.1, 0.15) is 0 Å². The summed E-state index contributed by atoms with van der Waals surface area (Å²) in [5, 5.41) is 0. The fourth-order valence-corrected chi connectivity index (χ4v) is 1.84. The zero-order chi connectivity index (χ0) is 11.6. The molecule has 0 atom stereocenters. The van der Waals surface area contributed by atoms with E-state index in [9.17, 15) is 0 Å². The Morgan fingerprint density at radius 1 is 1.19 bits per heavy atom. The Hall–Kier alpha value is -0.540. The molecular weight excluding hydrogens is 204 g/mol. The third-order valence-electron chi connectivity index (χ3n) is 2.87. The van der Waals surface area contributed by atoms with Crippen molar-refractivity contribution in [1.82, 2.24) is 0 Å². The number of allylic oxidation sites excluding steroid dienone is 1. The Morgan fingerprint density at radius 2 is 2.00 bits per heavy atom. The van der Waals surface area contributed by atoms with Crippen LogP contribution in [0.5, 0.6) is 0 Å². The van der Waals surface area contributed by atoms with Gasteiger partial charge in [-0.25, -0.2) is 0 Å². The Kier molecular flexibility index (Phi) is 7.26. The highest BCUT2D eigenvalue weighted by Crippen LogP contribution is 2.21. The first kappa shape index (κ1) is 13.5. The number of hydrogen-bond acceptors (Lipinski definition) is 3. The first-order valence-electron chi connectivity index (χ1n) is 6.22. The predicted octanol–water partition coefficient (Wildman–Crippen LogP) is 2.90. The van der Waals surface area contributed by atoms with Crippen molar-refractivity contribution >= 4 is 0 Å². The maximum atomic E-state index is 5.59. The van der Waals surface area contributed by atoms with Crippen LogP contribution in [0.25, 0.3) is 0 Å². The molecule has 0 fully saturated rings. The Labute approximate surface area is 98.8 Å². The van der Waals surface area contributed by atoms with Crippen molar-refractivity contribution < 1.29 is 14.2 Å². The monoisotopic (exact) mass is 228 g/mol. The molecule has 0 N–H and O–H groups in total. The molecule has 0 unspecified atom stereocenters. The summed E-state index contributed by atoms with van der Waals surface area (Å²) in [4.78, 5) is 0. The molecule has 0 saturated heterocycles. The van der Waals surface area contributed by atoms with E-state index < -0.39 is 0 Å². The molecule has 1 heterocycles. The molecule has 16 heavy (non-hydrogen) atoms. The molecule has 0 aliphatic carbocycles. The second-order valence-electron chi connectivity index (χ2n) is 4.17. The maximum Gasteiger partial charge on any atom is 0.0921 e. The van der Waals surface area contributed by atoms with E-state index in [1.54, 1.807) is 7.11 Å². The van der Waals surface area contributed by atoms with E-state index in [0.29, 0.717) is 0 Å². The molecule has 3 heteroatoms. The lowest BCUT2D eigenvalue weighted by atomic mass is 10.0. The highest BCUT2D eigenvalue weighted by molar-refractivity contribution is 5.08. The van der Waals surface area contributed by atoms with Crippen LogP contribution in [-0.2, 0) is 14.2 Å². The summed E-state index contributed by atoms with van der Waals surface area (Å²) in [5.41, 5.74) is 1.43. The van der Waals surface area contributed by atoms with E-state index >= 15 is 0 Å². The summed E-state index contributed by atoms with van der Waals surface area (Å²) in [6, 6.07) is 0. The van der Waals surface area contributed by atoms with Gasteiger partial charge in [0.2, 0.25) is 0 Å². The number of hydrogen-bond donors (Lipinski definition) is 0. The molecule has 0 aromatic carbocycles. The Balaban J connectivity index is 1.98. The van der Waals surface area contributed by atoms with Gasteiger partial charge < -0.3 is 14.2 Å². The van der Waals surface area contributed by atoms with Crippen LogP contribution in [0.2, 0.25) is 0 Å². The fraction of sp³-hybridized carbons (Fsp3) is 0.846. The van der Waals surface area contributed by atoms with Crippen LogP contribution in [0.15, 0.2) is 11.3 Å². The van der Waals surface area contributed by atoms with Gasteiger partial charge in [-0.1, -0.05) is 0 Å². The predicted molar refractivity (Wildman–Crippen MR) is 64.4 cm³/mol. The maximum absolute atomic E-state index is 5.59. The van der Waals surface area contributed by atoms with Gasteiger partial charge in [0.15, 0.2) is 0 Å². The number of methoxy groups -OCH3 is 1. The van der Waals surface area contributed by atoms with Crippen molar-refractivity contribution in [3.05, 3.63) is 11.3 Å². The van der Waals surface area contributed by atoms with Crippen LogP contribution in [0.4, 0.5) is 0 Å². The number of rotatable bonds is 8. The zero-order valence-electron chi connectivity index (χ0n) is 10.6. The molecule has 0 amide bonds. The summed E-state index contributed by atoms with van der Waals surface area (Å²) < 4.78 is 16.1. The lowest BCUT2D eigenvalue weighted by Gasteiger charge is -2.18. The average molecular weight is 228 g/mol. The first-order chi connectivity index (χ1) is 7.84. The van der Waals surface area contributed by atoms with Gasteiger partial charge >= 0.3 is 0 Å². The van der Waals surface area contributed by atoms with Crippen molar-refractivity contribution in [2.24, 2.45) is 0 Å².